The van der Waals surface area contributed by atoms with Crippen molar-refractivity contribution in [3.05, 3.63) is 47.1 Å². The van der Waals surface area contributed by atoms with Crippen molar-refractivity contribution >= 4 is 23.2 Å². The third-order valence-electron chi connectivity index (χ3n) is 4.19. The van der Waals surface area contributed by atoms with Gasteiger partial charge in [0, 0.05) is 25.5 Å². The third kappa shape index (κ3) is 3.19. The number of carbonyl (C=O) groups excluding carboxylic acids is 2. The Hall–Kier alpha value is -2.21. The molecule has 0 radical (unpaired) electrons. The maximum Gasteiger partial charge on any atom is 0.264 e. The lowest BCUT2D eigenvalue weighted by Gasteiger charge is -2.25. The van der Waals surface area contributed by atoms with Crippen molar-refractivity contribution in [1.82, 2.24) is 9.80 Å². The van der Waals surface area contributed by atoms with Gasteiger partial charge in [-0.1, -0.05) is 12.1 Å². The molecular weight excluding hydrogens is 327 g/mol. The molecule has 2 aromatic rings. The van der Waals surface area contributed by atoms with Crippen LogP contribution in [0.4, 0.5) is 4.39 Å². The van der Waals surface area contributed by atoms with Gasteiger partial charge in [0.05, 0.1) is 4.88 Å². The summed E-state index contributed by atoms with van der Waals surface area (Å²) in [6, 6.07) is 9.48. The van der Waals surface area contributed by atoms with E-state index in [0.29, 0.717) is 17.8 Å². The molecule has 1 aliphatic rings. The van der Waals surface area contributed by atoms with Gasteiger partial charge in [-0.25, -0.2) is 4.39 Å². The zero-order valence-corrected chi connectivity index (χ0v) is 14.5. The number of nitrogens with zero attached hydrogens (tertiary/aromatic N) is 2. The molecule has 1 fully saturated rings. The number of amides is 2. The second-order valence-electron chi connectivity index (χ2n) is 6.06. The van der Waals surface area contributed by atoms with Crippen LogP contribution in [-0.4, -0.2) is 48.3 Å². The van der Waals surface area contributed by atoms with Crippen LogP contribution >= 0.6 is 11.3 Å². The van der Waals surface area contributed by atoms with E-state index in [4.69, 9.17) is 0 Å². The Labute approximate surface area is 144 Å². The molecule has 1 aromatic carbocycles. The Kier molecular flexibility index (Phi) is 4.66. The summed E-state index contributed by atoms with van der Waals surface area (Å²) in [7, 11) is 3.42. The van der Waals surface area contributed by atoms with Crippen molar-refractivity contribution in [2.45, 2.75) is 18.9 Å². The second kappa shape index (κ2) is 6.73. The first-order chi connectivity index (χ1) is 11.5. The Balaban J connectivity index is 1.80. The topological polar surface area (TPSA) is 40.6 Å². The van der Waals surface area contributed by atoms with E-state index in [1.54, 1.807) is 37.2 Å². The number of halogens is 1. The molecule has 1 unspecified atom stereocenters. The molecule has 0 bridgehead atoms. The van der Waals surface area contributed by atoms with Crippen LogP contribution < -0.4 is 0 Å². The molecule has 1 aromatic heterocycles. The van der Waals surface area contributed by atoms with Gasteiger partial charge in [0.2, 0.25) is 5.91 Å². The van der Waals surface area contributed by atoms with Gasteiger partial charge >= 0.3 is 0 Å². The minimum absolute atomic E-state index is 0.0313. The Bertz CT molecular complexity index is 755. The average Bonchev–Trinajstić information content (AvgIpc) is 3.23. The minimum atomic E-state index is -0.371. The van der Waals surface area contributed by atoms with E-state index >= 15 is 0 Å². The molecule has 6 heteroatoms. The van der Waals surface area contributed by atoms with E-state index in [2.05, 4.69) is 0 Å². The van der Waals surface area contributed by atoms with Crippen LogP contribution in [0.15, 0.2) is 36.4 Å². The van der Waals surface area contributed by atoms with Crippen molar-refractivity contribution in [2.75, 3.05) is 20.6 Å². The normalized spacial score (nSPS) is 17.1. The molecule has 0 saturated carbocycles. The Morgan fingerprint density at radius 3 is 2.54 bits per heavy atom. The summed E-state index contributed by atoms with van der Waals surface area (Å²) in [5.41, 5.74) is 0.878. The Morgan fingerprint density at radius 2 is 1.88 bits per heavy atom. The van der Waals surface area contributed by atoms with Crippen LogP contribution in [0.25, 0.3) is 10.4 Å². The van der Waals surface area contributed by atoms with Crippen LogP contribution in [0.5, 0.6) is 0 Å². The summed E-state index contributed by atoms with van der Waals surface area (Å²) in [5, 5.41) is 0. The number of hydrogen-bond acceptors (Lipinski definition) is 3. The number of likely N-dealkylation sites (tertiary alicyclic amines) is 1. The molecule has 24 heavy (non-hydrogen) atoms. The molecule has 1 saturated heterocycles. The standard InChI is InChI=1S/C18H19FN2O2S/c1-20(2)17(22)14-4-3-11-21(14)18(23)16-10-9-15(24-16)12-5-7-13(19)8-6-12/h5-10,14H,3-4,11H2,1-2H3. The van der Waals surface area contributed by atoms with Crippen LogP contribution in [0.1, 0.15) is 22.5 Å². The van der Waals surface area contributed by atoms with E-state index in [1.807, 2.05) is 6.07 Å². The summed E-state index contributed by atoms with van der Waals surface area (Å²) in [6.45, 7) is 0.604. The van der Waals surface area contributed by atoms with Crippen LogP contribution in [0.2, 0.25) is 0 Å². The fourth-order valence-electron chi connectivity index (χ4n) is 2.93. The fourth-order valence-corrected chi connectivity index (χ4v) is 3.90. The molecule has 0 N–H and O–H groups in total. The van der Waals surface area contributed by atoms with Crippen molar-refractivity contribution in [1.29, 1.82) is 0 Å². The van der Waals surface area contributed by atoms with Gasteiger partial charge < -0.3 is 9.80 Å². The lowest BCUT2D eigenvalue weighted by atomic mass is 10.2. The highest BCUT2D eigenvalue weighted by molar-refractivity contribution is 7.17. The SMILES string of the molecule is CN(C)C(=O)C1CCCN1C(=O)c1ccc(-c2ccc(F)cc2)s1. The molecule has 2 heterocycles. The summed E-state index contributed by atoms with van der Waals surface area (Å²) >= 11 is 1.37. The molecule has 3 rings (SSSR count). The summed E-state index contributed by atoms with van der Waals surface area (Å²) in [6.07, 6.45) is 1.55. The molecule has 0 aliphatic carbocycles. The van der Waals surface area contributed by atoms with Crippen molar-refractivity contribution in [2.24, 2.45) is 0 Å². The number of likely N-dealkylation sites (N-methyl/N-ethyl adjacent to an activating group) is 1. The van der Waals surface area contributed by atoms with Crippen LogP contribution in [0, 0.1) is 5.82 Å². The number of hydrogen-bond donors (Lipinski definition) is 0. The largest absolute Gasteiger partial charge is 0.347 e. The van der Waals surface area contributed by atoms with Crippen molar-refractivity contribution < 1.29 is 14.0 Å². The first-order valence-corrected chi connectivity index (χ1v) is 8.67. The van der Waals surface area contributed by atoms with Gasteiger partial charge in [0.1, 0.15) is 11.9 Å². The van der Waals surface area contributed by atoms with Crippen molar-refractivity contribution in [3.63, 3.8) is 0 Å². The smallest absolute Gasteiger partial charge is 0.264 e. The van der Waals surface area contributed by atoms with Crippen LogP contribution in [-0.2, 0) is 4.79 Å². The average molecular weight is 346 g/mol. The summed E-state index contributed by atoms with van der Waals surface area (Å²) in [5.74, 6) is -0.420. The lowest BCUT2D eigenvalue weighted by molar-refractivity contribution is -0.132. The van der Waals surface area contributed by atoms with Gasteiger partial charge in [-0.3, -0.25) is 9.59 Å². The number of rotatable bonds is 3. The van der Waals surface area contributed by atoms with Gasteiger partial charge in [-0.05, 0) is 42.7 Å². The maximum atomic E-state index is 13.0. The van der Waals surface area contributed by atoms with E-state index in [9.17, 15) is 14.0 Å². The molecule has 2 amide bonds. The quantitative estimate of drug-likeness (QED) is 0.856. The summed E-state index contributed by atoms with van der Waals surface area (Å²) in [4.78, 5) is 29.8. The first-order valence-electron chi connectivity index (χ1n) is 7.85. The van der Waals surface area contributed by atoms with Gasteiger partial charge in [-0.2, -0.15) is 0 Å². The van der Waals surface area contributed by atoms with Crippen LogP contribution in [0.3, 0.4) is 0 Å². The number of carbonyl (C=O) groups is 2. The highest BCUT2D eigenvalue weighted by atomic mass is 32.1. The second-order valence-corrected chi connectivity index (χ2v) is 7.14. The van der Waals surface area contributed by atoms with Gasteiger partial charge in [0.25, 0.3) is 5.91 Å². The zero-order chi connectivity index (χ0) is 17.3. The molecule has 0 spiro atoms. The highest BCUT2D eigenvalue weighted by Crippen LogP contribution is 2.30. The fraction of sp³-hybridized carbons (Fsp3) is 0.333. The molecular formula is C18H19FN2O2S. The zero-order valence-electron chi connectivity index (χ0n) is 13.7. The van der Waals surface area contributed by atoms with Gasteiger partial charge in [0.15, 0.2) is 0 Å². The third-order valence-corrected chi connectivity index (χ3v) is 5.31. The predicted molar refractivity (Wildman–Crippen MR) is 92.5 cm³/mol. The molecule has 126 valence electrons. The summed E-state index contributed by atoms with van der Waals surface area (Å²) < 4.78 is 13.0. The maximum absolute atomic E-state index is 13.0. The highest BCUT2D eigenvalue weighted by Gasteiger charge is 2.35. The van der Waals surface area contributed by atoms with E-state index < -0.39 is 0 Å². The molecule has 4 nitrogen and oxygen atoms in total. The predicted octanol–water partition coefficient (Wildman–Crippen LogP) is 3.25. The van der Waals surface area contributed by atoms with Crippen molar-refractivity contribution in [3.8, 4) is 10.4 Å². The number of benzene rings is 1. The minimum Gasteiger partial charge on any atom is -0.347 e. The van der Waals surface area contributed by atoms with E-state index in [1.165, 1.54) is 28.4 Å². The Morgan fingerprint density at radius 1 is 1.17 bits per heavy atom. The monoisotopic (exact) mass is 346 g/mol. The molecule has 1 aliphatic heterocycles. The lowest BCUT2D eigenvalue weighted by Crippen LogP contribution is -2.45. The van der Waals surface area contributed by atoms with E-state index in [0.717, 1.165) is 16.9 Å². The first kappa shape index (κ1) is 16.6. The number of thiophene rings is 1. The van der Waals surface area contributed by atoms with Gasteiger partial charge in [-0.15, -0.1) is 11.3 Å². The molecule has 1 atom stereocenters. The van der Waals surface area contributed by atoms with E-state index in [-0.39, 0.29) is 23.7 Å².